The molecule has 0 aliphatic heterocycles. The number of carbonyl (C=O) groups is 1. The van der Waals surface area contributed by atoms with Crippen LogP contribution in [0.15, 0.2) is 12.2 Å². The molecule has 0 fully saturated rings. The van der Waals surface area contributed by atoms with E-state index in [9.17, 15) is 9.90 Å². The van der Waals surface area contributed by atoms with Crippen molar-refractivity contribution >= 4 is 43.9 Å². The van der Waals surface area contributed by atoms with Crippen LogP contribution in [-0.4, -0.2) is 14.5 Å². The van der Waals surface area contributed by atoms with Gasteiger partial charge in [0.1, 0.15) is 0 Å². The molecule has 0 saturated heterocycles. The van der Waals surface area contributed by atoms with Crippen LogP contribution >= 0.6 is 37.9 Å². The average Bonchev–Trinajstić information content (AvgIpc) is 2.52. The highest BCUT2D eigenvalue weighted by Gasteiger charge is 2.26. The number of thiol groups is 3. The van der Waals surface area contributed by atoms with Crippen molar-refractivity contribution in [2.75, 3.05) is 0 Å². The van der Waals surface area contributed by atoms with E-state index in [-0.39, 0.29) is 0 Å². The summed E-state index contributed by atoms with van der Waals surface area (Å²) in [6.07, 6.45) is 20.6. The molecule has 2 nitrogen and oxygen atoms in total. The summed E-state index contributed by atoms with van der Waals surface area (Å²) in [4.78, 5) is 11.2. The maximum atomic E-state index is 11.2. The number of unbranched alkanes of at least 4 members (excludes halogenated alkanes) is 10. The summed E-state index contributed by atoms with van der Waals surface area (Å²) in [5.41, 5.74) is 0. The minimum atomic E-state index is -0.816. The van der Waals surface area contributed by atoms with Crippen LogP contribution in [0.4, 0.5) is 0 Å². The lowest BCUT2D eigenvalue weighted by Crippen LogP contribution is -2.20. The van der Waals surface area contributed by atoms with Crippen molar-refractivity contribution in [2.24, 2.45) is 5.92 Å². The minimum Gasteiger partial charge on any atom is -0.481 e. The van der Waals surface area contributed by atoms with E-state index in [1.807, 2.05) is 0 Å². The van der Waals surface area contributed by atoms with Crippen molar-refractivity contribution < 1.29 is 9.90 Å². The highest BCUT2D eigenvalue weighted by atomic mass is 32.2. The zero-order valence-corrected chi connectivity index (χ0v) is 18.5. The number of carboxylic acid groups (broad SMARTS) is 1. The number of aliphatic carboxylic acids is 1. The second kappa shape index (κ2) is 16.4. The first-order valence-electron chi connectivity index (χ1n) is 9.91. The third-order valence-corrected chi connectivity index (χ3v) is 4.98. The lowest BCUT2D eigenvalue weighted by molar-refractivity contribution is -0.142. The van der Waals surface area contributed by atoms with Crippen molar-refractivity contribution in [1.82, 2.24) is 0 Å². The summed E-state index contributed by atoms with van der Waals surface area (Å²) in [6.45, 7) is 2.25. The first-order valence-corrected chi connectivity index (χ1v) is 11.3. The molecular weight excluding hydrogens is 368 g/mol. The highest BCUT2D eigenvalue weighted by molar-refractivity contribution is 8.16. The number of allylic oxidation sites excluding steroid dienone is 2. The average molecular weight is 407 g/mol. The zero-order valence-electron chi connectivity index (χ0n) is 15.8. The lowest BCUT2D eigenvalue weighted by Gasteiger charge is -2.20. The fourth-order valence-electron chi connectivity index (χ4n) is 2.93. The quantitative estimate of drug-likeness (QED) is 0.0894. The maximum Gasteiger partial charge on any atom is 0.306 e. The van der Waals surface area contributed by atoms with Gasteiger partial charge in [0.05, 0.1) is 9.33 Å². The normalized spacial score (nSPS) is 13.4. The van der Waals surface area contributed by atoms with E-state index < -0.39 is 15.3 Å². The summed E-state index contributed by atoms with van der Waals surface area (Å²) in [7, 11) is 0. The Kier molecular flexibility index (Phi) is 16.6. The van der Waals surface area contributed by atoms with Crippen LogP contribution in [0, 0.1) is 5.92 Å². The van der Waals surface area contributed by atoms with Crippen LogP contribution in [0.5, 0.6) is 0 Å². The molecule has 25 heavy (non-hydrogen) atoms. The van der Waals surface area contributed by atoms with Crippen molar-refractivity contribution in [3.63, 3.8) is 0 Å². The van der Waals surface area contributed by atoms with Gasteiger partial charge >= 0.3 is 5.97 Å². The van der Waals surface area contributed by atoms with E-state index >= 15 is 0 Å². The Morgan fingerprint density at radius 3 is 1.84 bits per heavy atom. The van der Waals surface area contributed by atoms with Crippen molar-refractivity contribution in [1.29, 1.82) is 0 Å². The third-order valence-electron chi connectivity index (χ3n) is 4.43. The molecule has 0 radical (unpaired) electrons. The molecule has 0 bridgehead atoms. The molecule has 1 atom stereocenters. The van der Waals surface area contributed by atoms with Gasteiger partial charge in [-0.2, -0.15) is 37.9 Å². The van der Waals surface area contributed by atoms with Gasteiger partial charge in [0.25, 0.3) is 0 Å². The molecule has 0 aliphatic carbocycles. The van der Waals surface area contributed by atoms with Gasteiger partial charge in [-0.15, -0.1) is 0 Å². The molecule has 0 aliphatic rings. The second-order valence-electron chi connectivity index (χ2n) is 7.03. The largest absolute Gasteiger partial charge is 0.481 e. The standard InChI is InChI=1S/C20H38O2S3/c1-2-3-4-5-6-7-8-9-10-11-12-13-14-15-16-18(19(21)22)17-20(23,24)25/h9-10,18,23-25H,2-8,11-17H2,1H3,(H,21,22)/b10-9-. The summed E-state index contributed by atoms with van der Waals surface area (Å²) in [5.74, 6) is -1.16. The van der Waals surface area contributed by atoms with E-state index in [0.717, 1.165) is 19.3 Å². The van der Waals surface area contributed by atoms with Crippen molar-refractivity contribution in [3.8, 4) is 0 Å². The number of carboxylic acids is 1. The van der Waals surface area contributed by atoms with Crippen LogP contribution in [0.3, 0.4) is 0 Å². The second-order valence-corrected chi connectivity index (χ2v) is 10.4. The van der Waals surface area contributed by atoms with E-state index in [1.165, 1.54) is 57.8 Å². The molecule has 1 N–H and O–H groups in total. The summed E-state index contributed by atoms with van der Waals surface area (Å²) in [6, 6.07) is 0. The lowest BCUT2D eigenvalue weighted by atomic mass is 9.98. The minimum absolute atomic E-state index is 0.374. The first-order chi connectivity index (χ1) is 11.9. The molecule has 0 rings (SSSR count). The molecule has 0 aromatic rings. The topological polar surface area (TPSA) is 37.3 Å². The van der Waals surface area contributed by atoms with Gasteiger partial charge in [-0.25, -0.2) is 0 Å². The number of hydrogen-bond acceptors (Lipinski definition) is 4. The fraction of sp³-hybridized carbons (Fsp3) is 0.850. The van der Waals surface area contributed by atoms with Gasteiger partial charge in [0.2, 0.25) is 0 Å². The summed E-state index contributed by atoms with van der Waals surface area (Å²) in [5, 5.41) is 9.23. The summed E-state index contributed by atoms with van der Waals surface area (Å²) >= 11 is 12.6. The van der Waals surface area contributed by atoms with Gasteiger partial charge in [0.15, 0.2) is 0 Å². The van der Waals surface area contributed by atoms with Crippen LogP contribution in [0.2, 0.25) is 0 Å². The third kappa shape index (κ3) is 18.8. The Hall–Kier alpha value is 0.260. The molecule has 0 amide bonds. The molecule has 0 spiro atoms. The Labute approximate surface area is 171 Å². The maximum absolute atomic E-state index is 11.2. The highest BCUT2D eigenvalue weighted by Crippen LogP contribution is 2.34. The smallest absolute Gasteiger partial charge is 0.306 e. The Morgan fingerprint density at radius 2 is 1.36 bits per heavy atom. The monoisotopic (exact) mass is 406 g/mol. The molecule has 148 valence electrons. The predicted molar refractivity (Wildman–Crippen MR) is 120 cm³/mol. The fourth-order valence-corrected chi connectivity index (χ4v) is 3.59. The van der Waals surface area contributed by atoms with Gasteiger partial charge in [-0.1, -0.05) is 70.4 Å². The number of hydrogen-bond donors (Lipinski definition) is 4. The van der Waals surface area contributed by atoms with Crippen LogP contribution in [0.1, 0.15) is 96.8 Å². The summed E-state index contributed by atoms with van der Waals surface area (Å²) < 4.78 is -0.816. The Bertz CT molecular complexity index is 351. The first kappa shape index (κ1) is 25.3. The Balaban J connectivity index is 3.50. The molecule has 1 unspecified atom stereocenters. The van der Waals surface area contributed by atoms with Gasteiger partial charge in [-0.3, -0.25) is 4.79 Å². The molecule has 0 aromatic carbocycles. The van der Waals surface area contributed by atoms with E-state index in [2.05, 4.69) is 57.0 Å². The van der Waals surface area contributed by atoms with E-state index in [1.54, 1.807) is 0 Å². The predicted octanol–water partition coefficient (Wildman–Crippen LogP) is 7.17. The van der Waals surface area contributed by atoms with Crippen molar-refractivity contribution in [3.05, 3.63) is 12.2 Å². The molecule has 0 aromatic heterocycles. The van der Waals surface area contributed by atoms with Gasteiger partial charge in [-0.05, 0) is 38.5 Å². The number of rotatable bonds is 17. The zero-order chi connectivity index (χ0) is 19.0. The van der Waals surface area contributed by atoms with E-state index in [0.29, 0.717) is 12.8 Å². The van der Waals surface area contributed by atoms with Gasteiger partial charge < -0.3 is 5.11 Å². The molecule has 5 heteroatoms. The van der Waals surface area contributed by atoms with Crippen LogP contribution in [-0.2, 0) is 4.79 Å². The van der Waals surface area contributed by atoms with Gasteiger partial charge in [0, 0.05) is 0 Å². The van der Waals surface area contributed by atoms with Crippen LogP contribution < -0.4 is 0 Å². The van der Waals surface area contributed by atoms with E-state index in [4.69, 9.17) is 0 Å². The molecular formula is C20H38O2S3. The van der Waals surface area contributed by atoms with Crippen molar-refractivity contribution in [2.45, 2.75) is 100 Å². The Morgan fingerprint density at radius 1 is 0.880 bits per heavy atom. The molecule has 0 saturated carbocycles. The SMILES string of the molecule is CCCCCCCC/C=C\CCCCCCC(CC(S)(S)S)C(=O)O. The van der Waals surface area contributed by atoms with Crippen LogP contribution in [0.25, 0.3) is 0 Å². The molecule has 0 heterocycles.